The van der Waals surface area contributed by atoms with Gasteiger partial charge in [0.15, 0.2) is 0 Å². The number of nitrogens with zero attached hydrogens (tertiary/aromatic N) is 3. The average molecular weight is 299 g/mol. The topological polar surface area (TPSA) is 30.7 Å². The Labute approximate surface area is 106 Å². The number of hydrogen-bond acceptors (Lipinski definition) is 2. The number of alkyl halides is 6. The molecular weight excluding hydrogens is 295 g/mol. The maximum atomic E-state index is 13.0. The lowest BCUT2D eigenvalue weighted by Crippen LogP contribution is -2.19. The second-order valence-electron chi connectivity index (χ2n) is 3.66. The van der Waals surface area contributed by atoms with Gasteiger partial charge in [-0.1, -0.05) is 6.07 Å². The molecule has 0 fully saturated rings. The van der Waals surface area contributed by atoms with Crippen molar-refractivity contribution in [1.82, 2.24) is 14.8 Å². The van der Waals surface area contributed by atoms with E-state index in [9.17, 15) is 30.7 Å². The summed E-state index contributed by atoms with van der Waals surface area (Å²) in [6, 6.07) is 3.27. The zero-order valence-electron chi connectivity index (χ0n) is 9.30. The Hall–Kier alpha value is -2.13. The summed E-state index contributed by atoms with van der Waals surface area (Å²) < 4.78 is 88.6. The van der Waals surface area contributed by atoms with Crippen molar-refractivity contribution < 1.29 is 30.7 Å². The highest BCUT2D eigenvalue weighted by atomic mass is 19.4. The van der Waals surface area contributed by atoms with E-state index < -0.39 is 35.5 Å². The van der Waals surface area contributed by atoms with Crippen molar-refractivity contribution in [3.63, 3.8) is 0 Å². The first kappa shape index (κ1) is 14.3. The standard InChI is InChI=1S/C10H4F7N3/c11-5-2-1-3-6(4-5)20-7(9(12,13)14)18-19-8(20)10(15,16)17/h1-4H. The molecule has 0 amide bonds. The van der Waals surface area contributed by atoms with Crippen LogP contribution in [0, 0.1) is 5.82 Å². The number of benzene rings is 1. The molecule has 0 aliphatic carbocycles. The molecule has 3 nitrogen and oxygen atoms in total. The van der Waals surface area contributed by atoms with Gasteiger partial charge < -0.3 is 0 Å². The Kier molecular flexibility index (Phi) is 3.18. The van der Waals surface area contributed by atoms with E-state index in [1.165, 1.54) is 0 Å². The highest BCUT2D eigenvalue weighted by Gasteiger charge is 2.45. The fourth-order valence-corrected chi connectivity index (χ4v) is 1.51. The quantitative estimate of drug-likeness (QED) is 0.755. The van der Waals surface area contributed by atoms with Gasteiger partial charge in [-0.15, -0.1) is 10.2 Å². The smallest absolute Gasteiger partial charge is 0.268 e. The maximum absolute atomic E-state index is 13.0. The summed E-state index contributed by atoms with van der Waals surface area (Å²) in [6.07, 6.45) is -10.3. The van der Waals surface area contributed by atoms with Crippen LogP contribution in [0.15, 0.2) is 24.3 Å². The van der Waals surface area contributed by atoms with E-state index in [-0.39, 0.29) is 4.57 Å². The highest BCUT2D eigenvalue weighted by molar-refractivity contribution is 5.35. The zero-order chi connectivity index (χ0) is 15.1. The van der Waals surface area contributed by atoms with Gasteiger partial charge in [0.25, 0.3) is 0 Å². The first-order chi connectivity index (χ1) is 9.10. The minimum absolute atomic E-state index is 0.275. The fourth-order valence-electron chi connectivity index (χ4n) is 1.51. The Bertz CT molecular complexity index is 595. The molecule has 2 rings (SSSR count). The third-order valence-corrected chi connectivity index (χ3v) is 2.24. The summed E-state index contributed by atoms with van der Waals surface area (Å²) in [5.41, 5.74) is -0.672. The predicted molar refractivity (Wildman–Crippen MR) is 51.3 cm³/mol. The minimum Gasteiger partial charge on any atom is -0.268 e. The predicted octanol–water partition coefficient (Wildman–Crippen LogP) is 3.44. The van der Waals surface area contributed by atoms with Gasteiger partial charge >= 0.3 is 12.4 Å². The summed E-state index contributed by atoms with van der Waals surface area (Å²) >= 11 is 0. The van der Waals surface area contributed by atoms with Crippen LogP contribution in [0.2, 0.25) is 0 Å². The van der Waals surface area contributed by atoms with Crippen molar-refractivity contribution in [2.24, 2.45) is 0 Å². The third-order valence-electron chi connectivity index (χ3n) is 2.24. The number of rotatable bonds is 1. The third kappa shape index (κ3) is 2.58. The molecule has 0 radical (unpaired) electrons. The normalized spacial score (nSPS) is 12.8. The SMILES string of the molecule is Fc1cccc(-n2c(C(F)(F)F)nnc2C(F)(F)F)c1. The molecule has 0 atom stereocenters. The molecule has 0 aliphatic heterocycles. The van der Waals surface area contributed by atoms with Gasteiger partial charge in [-0.25, -0.2) is 4.39 Å². The van der Waals surface area contributed by atoms with Gasteiger partial charge in [0.2, 0.25) is 11.6 Å². The van der Waals surface area contributed by atoms with Gasteiger partial charge in [0.05, 0.1) is 5.69 Å². The lowest BCUT2D eigenvalue weighted by atomic mass is 10.3. The largest absolute Gasteiger partial charge is 0.452 e. The van der Waals surface area contributed by atoms with Crippen molar-refractivity contribution in [1.29, 1.82) is 0 Å². The van der Waals surface area contributed by atoms with Gasteiger partial charge in [0.1, 0.15) is 5.82 Å². The molecule has 0 unspecified atom stereocenters. The molecule has 0 N–H and O–H groups in total. The molecule has 0 spiro atoms. The molecule has 0 aliphatic rings. The van der Waals surface area contributed by atoms with Crippen LogP contribution in [-0.4, -0.2) is 14.8 Å². The fraction of sp³-hybridized carbons (Fsp3) is 0.200. The highest BCUT2D eigenvalue weighted by Crippen LogP contribution is 2.35. The molecule has 1 aromatic heterocycles. The molecule has 1 aromatic carbocycles. The van der Waals surface area contributed by atoms with Crippen LogP contribution < -0.4 is 0 Å². The van der Waals surface area contributed by atoms with E-state index in [2.05, 4.69) is 10.2 Å². The second-order valence-corrected chi connectivity index (χ2v) is 3.66. The zero-order valence-corrected chi connectivity index (χ0v) is 9.30. The van der Waals surface area contributed by atoms with Gasteiger partial charge in [-0.05, 0) is 18.2 Å². The van der Waals surface area contributed by atoms with E-state index in [0.29, 0.717) is 6.07 Å². The Morgan fingerprint density at radius 2 is 1.35 bits per heavy atom. The molecule has 10 heteroatoms. The molecule has 0 saturated carbocycles. The molecule has 20 heavy (non-hydrogen) atoms. The molecule has 2 aromatic rings. The summed E-state index contributed by atoms with van der Waals surface area (Å²) in [6.45, 7) is 0. The van der Waals surface area contributed by atoms with Gasteiger partial charge in [-0.2, -0.15) is 26.3 Å². The van der Waals surface area contributed by atoms with E-state index in [1.807, 2.05) is 0 Å². The maximum Gasteiger partial charge on any atom is 0.452 e. The number of halogens is 7. The van der Waals surface area contributed by atoms with Crippen LogP contribution in [-0.2, 0) is 12.4 Å². The monoisotopic (exact) mass is 299 g/mol. The summed E-state index contributed by atoms with van der Waals surface area (Å²) in [4.78, 5) is 0. The summed E-state index contributed by atoms with van der Waals surface area (Å²) in [7, 11) is 0. The average Bonchev–Trinajstić information content (AvgIpc) is 2.72. The molecule has 0 saturated heterocycles. The molecular formula is C10H4F7N3. The summed E-state index contributed by atoms with van der Waals surface area (Å²) in [5, 5.41) is 5.01. The Morgan fingerprint density at radius 1 is 0.850 bits per heavy atom. The molecule has 0 bridgehead atoms. The molecule has 1 heterocycles. The second kappa shape index (κ2) is 4.46. The number of aromatic nitrogens is 3. The first-order valence-electron chi connectivity index (χ1n) is 4.96. The number of hydrogen-bond donors (Lipinski definition) is 0. The van der Waals surface area contributed by atoms with Crippen molar-refractivity contribution in [2.75, 3.05) is 0 Å². The van der Waals surface area contributed by atoms with Crippen molar-refractivity contribution in [3.05, 3.63) is 41.7 Å². The lowest BCUT2D eigenvalue weighted by Gasteiger charge is -2.13. The van der Waals surface area contributed by atoms with Gasteiger partial charge in [-0.3, -0.25) is 4.57 Å². The lowest BCUT2D eigenvalue weighted by molar-refractivity contribution is -0.153. The van der Waals surface area contributed by atoms with Gasteiger partial charge in [0, 0.05) is 0 Å². The summed E-state index contributed by atoms with van der Waals surface area (Å²) in [5.74, 6) is -4.75. The van der Waals surface area contributed by atoms with E-state index in [1.54, 1.807) is 0 Å². The molecule has 108 valence electrons. The van der Waals surface area contributed by atoms with Crippen LogP contribution in [0.5, 0.6) is 0 Å². The van der Waals surface area contributed by atoms with Crippen LogP contribution >= 0.6 is 0 Å². The van der Waals surface area contributed by atoms with E-state index in [0.717, 1.165) is 18.2 Å². The Balaban J connectivity index is 2.74. The van der Waals surface area contributed by atoms with Crippen LogP contribution in [0.1, 0.15) is 11.6 Å². The van der Waals surface area contributed by atoms with Crippen LogP contribution in [0.3, 0.4) is 0 Å². The van der Waals surface area contributed by atoms with Crippen molar-refractivity contribution in [3.8, 4) is 5.69 Å². The van der Waals surface area contributed by atoms with E-state index >= 15 is 0 Å². The van der Waals surface area contributed by atoms with Crippen molar-refractivity contribution >= 4 is 0 Å². The first-order valence-corrected chi connectivity index (χ1v) is 4.96. The van der Waals surface area contributed by atoms with Crippen LogP contribution in [0.25, 0.3) is 5.69 Å². The van der Waals surface area contributed by atoms with Crippen molar-refractivity contribution in [2.45, 2.75) is 12.4 Å². The van der Waals surface area contributed by atoms with E-state index in [4.69, 9.17) is 0 Å². The Morgan fingerprint density at radius 3 is 1.75 bits per heavy atom. The van der Waals surface area contributed by atoms with Crippen LogP contribution in [0.4, 0.5) is 30.7 Å². The minimum atomic E-state index is -5.16.